The van der Waals surface area contributed by atoms with Gasteiger partial charge in [-0.15, -0.1) is 0 Å². The molecule has 0 aromatic heterocycles. The van der Waals surface area contributed by atoms with Crippen molar-refractivity contribution in [1.29, 1.82) is 0 Å². The van der Waals surface area contributed by atoms with Gasteiger partial charge in [0.1, 0.15) is 18.3 Å². The Morgan fingerprint density at radius 2 is 1.68 bits per heavy atom. The summed E-state index contributed by atoms with van der Waals surface area (Å²) in [6.07, 6.45) is 1.04. The van der Waals surface area contributed by atoms with Crippen molar-refractivity contribution in [1.82, 2.24) is 10.2 Å². The van der Waals surface area contributed by atoms with Crippen LogP contribution in [0.2, 0.25) is 10.0 Å². The number of carbonyl (C=O) groups is 2. The fourth-order valence-electron chi connectivity index (χ4n) is 4.13. The first kappa shape index (κ1) is 31.3. The van der Waals surface area contributed by atoms with Crippen LogP contribution >= 0.6 is 23.2 Å². The monoisotopic (exact) mass is 605 g/mol. The Kier molecular flexibility index (Phi) is 11.2. The maximum absolute atomic E-state index is 14.0. The van der Waals surface area contributed by atoms with Gasteiger partial charge in [-0.2, -0.15) is 0 Å². The van der Waals surface area contributed by atoms with Gasteiger partial charge in [-0.1, -0.05) is 61.3 Å². The first-order valence-electron chi connectivity index (χ1n) is 12.8. The van der Waals surface area contributed by atoms with Crippen LogP contribution in [0.4, 0.5) is 5.69 Å². The Morgan fingerprint density at radius 3 is 2.27 bits per heavy atom. The molecule has 2 amide bonds. The number of rotatable bonds is 13. The topological polar surface area (TPSA) is 96.0 Å². The summed E-state index contributed by atoms with van der Waals surface area (Å²) in [7, 11) is -2.75. The van der Waals surface area contributed by atoms with E-state index in [1.54, 1.807) is 49.4 Å². The molecule has 0 fully saturated rings. The Labute approximate surface area is 245 Å². The molecule has 0 aliphatic heterocycles. The van der Waals surface area contributed by atoms with Gasteiger partial charge in [-0.25, -0.2) is 8.42 Å². The van der Waals surface area contributed by atoms with Crippen molar-refractivity contribution in [3.8, 4) is 5.75 Å². The Hall–Kier alpha value is -3.27. The molecule has 3 rings (SSSR count). The number of sulfonamides is 1. The van der Waals surface area contributed by atoms with E-state index < -0.39 is 28.5 Å². The third-order valence-corrected chi connectivity index (χ3v) is 8.65. The molecular formula is C29H33Cl2N3O5S. The lowest BCUT2D eigenvalue weighted by molar-refractivity contribution is -0.140. The minimum atomic E-state index is -4.23. The Bertz CT molecular complexity index is 1420. The van der Waals surface area contributed by atoms with Gasteiger partial charge in [0.15, 0.2) is 0 Å². The van der Waals surface area contributed by atoms with Crippen molar-refractivity contribution in [2.75, 3.05) is 24.5 Å². The van der Waals surface area contributed by atoms with Crippen molar-refractivity contribution < 1.29 is 22.7 Å². The lowest BCUT2D eigenvalue weighted by Crippen LogP contribution is -2.52. The molecule has 3 aromatic carbocycles. The largest absolute Gasteiger partial charge is 0.497 e. The summed E-state index contributed by atoms with van der Waals surface area (Å²) in [6.45, 7) is 3.62. The maximum atomic E-state index is 14.0. The average Bonchev–Trinajstić information content (AvgIpc) is 2.95. The number of hydrogen-bond donors (Lipinski definition) is 1. The molecule has 0 aliphatic rings. The molecule has 3 aromatic rings. The standard InChI is InChI=1S/C29H33Cl2N3O5S/c1-4-17-32-29(36)27(5-2)33(19-21-9-6-7-12-26(21)31)28(35)20-34(23-11-8-10-22(30)18-23)40(37,38)25-15-13-24(39-3)14-16-25/h6-16,18,27H,4-5,17,19-20H2,1-3H3,(H,32,36)/t27-/m1/s1. The van der Waals surface area contributed by atoms with Crippen LogP contribution in [0.5, 0.6) is 5.75 Å². The molecule has 0 saturated carbocycles. The minimum Gasteiger partial charge on any atom is -0.497 e. The van der Waals surface area contributed by atoms with Crippen LogP contribution in [0.15, 0.2) is 77.7 Å². The molecule has 1 N–H and O–H groups in total. The summed E-state index contributed by atoms with van der Waals surface area (Å²) >= 11 is 12.6. The van der Waals surface area contributed by atoms with Crippen LogP contribution in [0, 0.1) is 0 Å². The fourth-order valence-corrected chi connectivity index (χ4v) is 5.92. The maximum Gasteiger partial charge on any atom is 0.264 e. The number of hydrogen-bond acceptors (Lipinski definition) is 5. The molecule has 0 aliphatic carbocycles. The van der Waals surface area contributed by atoms with E-state index in [1.165, 1.54) is 42.3 Å². The molecule has 0 radical (unpaired) electrons. The van der Waals surface area contributed by atoms with E-state index in [0.29, 0.717) is 34.3 Å². The summed E-state index contributed by atoms with van der Waals surface area (Å²) in [5.41, 5.74) is 0.837. The highest BCUT2D eigenvalue weighted by atomic mass is 35.5. The highest BCUT2D eigenvalue weighted by molar-refractivity contribution is 7.92. The highest BCUT2D eigenvalue weighted by Gasteiger charge is 2.34. The molecule has 0 bridgehead atoms. The third-order valence-electron chi connectivity index (χ3n) is 6.26. The second-order valence-corrected chi connectivity index (χ2v) is 11.7. The highest BCUT2D eigenvalue weighted by Crippen LogP contribution is 2.28. The molecule has 214 valence electrons. The molecule has 0 spiro atoms. The molecule has 8 nitrogen and oxygen atoms in total. The van der Waals surface area contributed by atoms with Gasteiger partial charge >= 0.3 is 0 Å². The zero-order chi connectivity index (χ0) is 29.3. The van der Waals surface area contributed by atoms with E-state index in [9.17, 15) is 18.0 Å². The quantitative estimate of drug-likeness (QED) is 0.276. The normalized spacial score (nSPS) is 11.9. The second kappa shape index (κ2) is 14.4. The third kappa shape index (κ3) is 7.68. The van der Waals surface area contributed by atoms with Gasteiger partial charge < -0.3 is 15.0 Å². The number of anilines is 1. The molecule has 1 atom stereocenters. The smallest absolute Gasteiger partial charge is 0.264 e. The van der Waals surface area contributed by atoms with E-state index in [1.807, 2.05) is 6.92 Å². The first-order valence-corrected chi connectivity index (χ1v) is 15.0. The Balaban J connectivity index is 2.06. The number of nitrogens with one attached hydrogen (secondary N) is 1. The summed E-state index contributed by atoms with van der Waals surface area (Å²) in [6, 6.07) is 18.3. The SMILES string of the molecule is CCCNC(=O)[C@@H](CC)N(Cc1ccccc1Cl)C(=O)CN(c1cccc(Cl)c1)S(=O)(=O)c1ccc(OC)cc1. The van der Waals surface area contributed by atoms with Gasteiger partial charge in [-0.05, 0) is 66.9 Å². The number of methoxy groups -OCH3 is 1. The summed E-state index contributed by atoms with van der Waals surface area (Å²) in [5.74, 6) is -0.410. The van der Waals surface area contributed by atoms with Gasteiger partial charge in [0.25, 0.3) is 10.0 Å². The number of halogens is 2. The van der Waals surface area contributed by atoms with Crippen LogP contribution in [0.25, 0.3) is 0 Å². The molecule has 11 heteroatoms. The predicted octanol–water partition coefficient (Wildman–Crippen LogP) is 5.53. The molecular weight excluding hydrogens is 573 g/mol. The molecule has 0 heterocycles. The Morgan fingerprint density at radius 1 is 0.975 bits per heavy atom. The van der Waals surface area contributed by atoms with Crippen molar-refractivity contribution in [2.24, 2.45) is 0 Å². The zero-order valence-corrected chi connectivity index (χ0v) is 25.0. The number of benzene rings is 3. The predicted molar refractivity (Wildman–Crippen MR) is 158 cm³/mol. The van der Waals surface area contributed by atoms with Crippen molar-refractivity contribution in [2.45, 2.75) is 44.2 Å². The van der Waals surface area contributed by atoms with E-state index >= 15 is 0 Å². The van der Waals surface area contributed by atoms with Crippen LogP contribution in [-0.2, 0) is 26.2 Å². The lowest BCUT2D eigenvalue weighted by atomic mass is 10.1. The number of carbonyl (C=O) groups excluding carboxylic acids is 2. The van der Waals surface area contributed by atoms with Gasteiger partial charge in [0.05, 0.1) is 17.7 Å². The van der Waals surface area contributed by atoms with Crippen LogP contribution < -0.4 is 14.4 Å². The molecule has 0 unspecified atom stereocenters. The number of amides is 2. The summed E-state index contributed by atoms with van der Waals surface area (Å²) in [4.78, 5) is 28.5. The minimum absolute atomic E-state index is 0.0164. The average molecular weight is 607 g/mol. The fraction of sp³-hybridized carbons (Fsp3) is 0.310. The summed E-state index contributed by atoms with van der Waals surface area (Å²) < 4.78 is 34.0. The van der Waals surface area contributed by atoms with Crippen molar-refractivity contribution in [3.05, 3.63) is 88.4 Å². The van der Waals surface area contributed by atoms with Crippen molar-refractivity contribution >= 4 is 50.7 Å². The molecule has 40 heavy (non-hydrogen) atoms. The van der Waals surface area contributed by atoms with Crippen LogP contribution in [0.3, 0.4) is 0 Å². The number of nitrogens with zero attached hydrogens (tertiary/aromatic N) is 2. The van der Waals surface area contributed by atoms with Crippen LogP contribution in [-0.4, -0.2) is 51.4 Å². The number of ether oxygens (including phenoxy) is 1. The van der Waals surface area contributed by atoms with Crippen LogP contribution in [0.1, 0.15) is 32.3 Å². The van der Waals surface area contributed by atoms with Gasteiger partial charge in [0.2, 0.25) is 11.8 Å². The zero-order valence-electron chi connectivity index (χ0n) is 22.6. The second-order valence-electron chi connectivity index (χ2n) is 9.00. The lowest BCUT2D eigenvalue weighted by Gasteiger charge is -2.33. The van der Waals surface area contributed by atoms with E-state index in [0.717, 1.165) is 10.7 Å². The van der Waals surface area contributed by atoms with E-state index in [2.05, 4.69) is 5.32 Å². The van der Waals surface area contributed by atoms with Crippen molar-refractivity contribution in [3.63, 3.8) is 0 Å². The van der Waals surface area contributed by atoms with E-state index in [-0.39, 0.29) is 23.0 Å². The van der Waals surface area contributed by atoms with E-state index in [4.69, 9.17) is 27.9 Å². The summed E-state index contributed by atoms with van der Waals surface area (Å²) in [5, 5.41) is 3.59. The molecule has 0 saturated heterocycles. The first-order chi connectivity index (χ1) is 19.1. The van der Waals surface area contributed by atoms with Gasteiger partial charge in [0, 0.05) is 23.1 Å². The van der Waals surface area contributed by atoms with Gasteiger partial charge in [-0.3, -0.25) is 13.9 Å².